The molecule has 17 heavy (non-hydrogen) atoms. The van der Waals surface area contributed by atoms with E-state index in [0.717, 1.165) is 13.0 Å². The molecule has 1 amide bonds. The number of amides is 1. The number of ether oxygens (including phenoxy) is 1. The minimum absolute atomic E-state index is 0. The minimum Gasteiger partial charge on any atom is -0.378 e. The Hall–Kier alpha value is -0.320. The highest BCUT2D eigenvalue weighted by Crippen LogP contribution is 2.57. The molecule has 2 saturated carbocycles. The van der Waals surface area contributed by atoms with Crippen LogP contribution in [-0.4, -0.2) is 30.7 Å². The number of carbonyl (C=O) groups excluding carboxylic acids is 1. The van der Waals surface area contributed by atoms with Crippen LogP contribution in [0, 0.1) is 5.41 Å². The maximum Gasteiger partial charge on any atom is 0.236 e. The zero-order chi connectivity index (χ0) is 11.8. The first-order chi connectivity index (χ1) is 7.60. The van der Waals surface area contributed by atoms with E-state index in [2.05, 4.69) is 5.32 Å². The molecule has 0 saturated heterocycles. The first-order valence-corrected chi connectivity index (χ1v) is 6.27. The molecule has 0 aliphatic heterocycles. The highest BCUT2D eigenvalue weighted by Gasteiger charge is 2.59. The zero-order valence-electron chi connectivity index (χ0n) is 10.6. The van der Waals surface area contributed by atoms with Crippen molar-refractivity contribution in [2.24, 2.45) is 11.1 Å². The number of hydrogen-bond acceptors (Lipinski definition) is 3. The Morgan fingerprint density at radius 2 is 2.24 bits per heavy atom. The fraction of sp³-hybridized carbons (Fsp3) is 0.917. The summed E-state index contributed by atoms with van der Waals surface area (Å²) in [6, 6.07) is -0.125. The Kier molecular flexibility index (Phi) is 4.81. The van der Waals surface area contributed by atoms with E-state index < -0.39 is 6.04 Å². The van der Waals surface area contributed by atoms with Crippen LogP contribution in [0.3, 0.4) is 0 Å². The van der Waals surface area contributed by atoms with Gasteiger partial charge in [0.15, 0.2) is 0 Å². The van der Waals surface area contributed by atoms with E-state index in [-0.39, 0.29) is 29.8 Å². The molecule has 0 aromatic rings. The fourth-order valence-electron chi connectivity index (χ4n) is 2.94. The fourth-order valence-corrected chi connectivity index (χ4v) is 2.94. The minimum atomic E-state index is -0.414. The number of hydrogen-bond donors (Lipinski definition) is 2. The molecule has 3 N–H and O–H groups in total. The largest absolute Gasteiger partial charge is 0.378 e. The van der Waals surface area contributed by atoms with Crippen LogP contribution in [0.25, 0.3) is 0 Å². The summed E-state index contributed by atoms with van der Waals surface area (Å²) < 4.78 is 5.73. The van der Waals surface area contributed by atoms with Crippen molar-refractivity contribution >= 4 is 18.3 Å². The molecule has 2 aliphatic rings. The monoisotopic (exact) mass is 262 g/mol. The summed E-state index contributed by atoms with van der Waals surface area (Å²) in [6.07, 6.45) is 4.92. The second kappa shape index (κ2) is 5.55. The molecule has 0 heterocycles. The summed E-state index contributed by atoms with van der Waals surface area (Å²) in [5, 5.41) is 3.05. The van der Waals surface area contributed by atoms with Crippen LogP contribution in [0.1, 0.15) is 39.5 Å². The van der Waals surface area contributed by atoms with Gasteiger partial charge in [-0.1, -0.05) is 6.42 Å². The Bertz CT molecular complexity index is 280. The van der Waals surface area contributed by atoms with E-state index in [1.807, 2.05) is 6.92 Å². The summed E-state index contributed by atoms with van der Waals surface area (Å²) in [4.78, 5) is 11.6. The predicted molar refractivity (Wildman–Crippen MR) is 69.1 cm³/mol. The number of halogens is 1. The maximum absolute atomic E-state index is 11.6. The van der Waals surface area contributed by atoms with Crippen molar-refractivity contribution in [3.8, 4) is 0 Å². The second-order valence-electron chi connectivity index (χ2n) is 5.12. The van der Waals surface area contributed by atoms with Crippen LogP contribution in [0.4, 0.5) is 0 Å². The lowest BCUT2D eigenvalue weighted by molar-refractivity contribution is -0.176. The van der Waals surface area contributed by atoms with Gasteiger partial charge in [-0.3, -0.25) is 4.79 Å². The Balaban J connectivity index is 0.00000144. The topological polar surface area (TPSA) is 64.3 Å². The third-order valence-corrected chi connectivity index (χ3v) is 4.17. The van der Waals surface area contributed by atoms with Crippen LogP contribution >= 0.6 is 12.4 Å². The van der Waals surface area contributed by atoms with Crippen molar-refractivity contribution in [2.75, 3.05) is 6.61 Å². The lowest BCUT2D eigenvalue weighted by atomic mass is 9.51. The van der Waals surface area contributed by atoms with Crippen molar-refractivity contribution in [1.29, 1.82) is 0 Å². The summed E-state index contributed by atoms with van der Waals surface area (Å²) in [5.74, 6) is -0.0359. The van der Waals surface area contributed by atoms with Gasteiger partial charge >= 0.3 is 0 Å². The highest BCUT2D eigenvalue weighted by molar-refractivity contribution is 5.85. The van der Waals surface area contributed by atoms with Crippen LogP contribution in [-0.2, 0) is 9.53 Å². The van der Waals surface area contributed by atoms with Crippen molar-refractivity contribution in [3.05, 3.63) is 0 Å². The first-order valence-electron chi connectivity index (χ1n) is 6.27. The van der Waals surface area contributed by atoms with E-state index >= 15 is 0 Å². The Morgan fingerprint density at radius 1 is 1.59 bits per heavy atom. The molecule has 4 nitrogen and oxygen atoms in total. The third-order valence-electron chi connectivity index (χ3n) is 4.17. The molecule has 1 spiro atoms. The SMILES string of the molecule is CCOC1CC(NC(=O)[C@H](C)N)C12CCC2.Cl. The molecule has 100 valence electrons. The van der Waals surface area contributed by atoms with Crippen LogP contribution in [0.15, 0.2) is 0 Å². The van der Waals surface area contributed by atoms with Crippen LogP contribution in [0.5, 0.6) is 0 Å². The van der Waals surface area contributed by atoms with E-state index in [9.17, 15) is 4.79 Å². The van der Waals surface area contributed by atoms with Crippen molar-refractivity contribution in [2.45, 2.75) is 57.7 Å². The van der Waals surface area contributed by atoms with Gasteiger partial charge in [-0.15, -0.1) is 12.4 Å². The summed E-state index contributed by atoms with van der Waals surface area (Å²) in [7, 11) is 0. The average Bonchev–Trinajstić information content (AvgIpc) is 2.12. The summed E-state index contributed by atoms with van der Waals surface area (Å²) in [5.41, 5.74) is 5.80. The quantitative estimate of drug-likeness (QED) is 0.801. The highest BCUT2D eigenvalue weighted by atomic mass is 35.5. The molecular weight excluding hydrogens is 240 g/mol. The average molecular weight is 263 g/mol. The molecule has 2 rings (SSSR count). The maximum atomic E-state index is 11.6. The standard InChI is InChI=1S/C12H22N2O2.ClH/c1-3-16-10-7-9(12(10)5-4-6-12)14-11(15)8(2)13;/h8-10H,3-7,13H2,1-2H3,(H,14,15);1H/t8-,9?,10?;/m0./s1. The Labute approximate surface area is 109 Å². The molecule has 2 aliphatic carbocycles. The van der Waals surface area contributed by atoms with Gasteiger partial charge in [0.1, 0.15) is 0 Å². The van der Waals surface area contributed by atoms with Gasteiger partial charge in [0.25, 0.3) is 0 Å². The number of nitrogens with one attached hydrogen (secondary N) is 1. The summed E-state index contributed by atoms with van der Waals surface area (Å²) >= 11 is 0. The molecule has 0 aromatic heterocycles. The molecule has 0 radical (unpaired) electrons. The van der Waals surface area contributed by atoms with E-state index in [1.54, 1.807) is 6.92 Å². The van der Waals surface area contributed by atoms with Gasteiger partial charge in [-0.2, -0.15) is 0 Å². The van der Waals surface area contributed by atoms with Gasteiger partial charge in [-0.25, -0.2) is 0 Å². The molecule has 0 bridgehead atoms. The van der Waals surface area contributed by atoms with Gasteiger partial charge in [0.2, 0.25) is 5.91 Å². The molecule has 0 aromatic carbocycles. The molecule has 5 heteroatoms. The second-order valence-corrected chi connectivity index (χ2v) is 5.12. The zero-order valence-corrected chi connectivity index (χ0v) is 11.4. The van der Waals surface area contributed by atoms with Crippen molar-refractivity contribution in [3.63, 3.8) is 0 Å². The lowest BCUT2D eigenvalue weighted by Crippen LogP contribution is -2.68. The number of carbonyl (C=O) groups is 1. The number of rotatable bonds is 4. The van der Waals surface area contributed by atoms with E-state index in [1.165, 1.54) is 19.3 Å². The lowest BCUT2D eigenvalue weighted by Gasteiger charge is -2.61. The predicted octanol–water partition coefficient (Wildman–Crippen LogP) is 1.22. The summed E-state index contributed by atoms with van der Waals surface area (Å²) in [6.45, 7) is 4.52. The van der Waals surface area contributed by atoms with Crippen LogP contribution in [0.2, 0.25) is 0 Å². The van der Waals surface area contributed by atoms with Crippen molar-refractivity contribution < 1.29 is 9.53 Å². The van der Waals surface area contributed by atoms with Crippen LogP contribution < -0.4 is 11.1 Å². The number of nitrogens with two attached hydrogens (primary N) is 1. The normalized spacial score (nSPS) is 30.8. The smallest absolute Gasteiger partial charge is 0.236 e. The first kappa shape index (κ1) is 14.7. The van der Waals surface area contributed by atoms with E-state index in [4.69, 9.17) is 10.5 Å². The molecule has 2 unspecified atom stereocenters. The molecule has 3 atom stereocenters. The third kappa shape index (κ3) is 2.44. The van der Waals surface area contributed by atoms with Gasteiger partial charge < -0.3 is 15.8 Å². The van der Waals surface area contributed by atoms with Gasteiger partial charge in [0, 0.05) is 18.1 Å². The Morgan fingerprint density at radius 3 is 2.65 bits per heavy atom. The van der Waals surface area contributed by atoms with Gasteiger partial charge in [0.05, 0.1) is 12.1 Å². The van der Waals surface area contributed by atoms with Crippen molar-refractivity contribution in [1.82, 2.24) is 5.32 Å². The van der Waals surface area contributed by atoms with Gasteiger partial charge in [-0.05, 0) is 33.1 Å². The molecule has 2 fully saturated rings. The molecular formula is C12H23ClN2O2. The van der Waals surface area contributed by atoms with E-state index in [0.29, 0.717) is 6.10 Å².